The highest BCUT2D eigenvalue weighted by molar-refractivity contribution is 7.30. The lowest BCUT2D eigenvalue weighted by Gasteiger charge is -2.02. The summed E-state index contributed by atoms with van der Waals surface area (Å²) in [6.45, 7) is 3.94. The molecular weight excluding hydrogens is 282 g/mol. The molecule has 3 rings (SSSR count). The molecule has 0 radical (unpaired) electrons. The molecule has 2 atom stereocenters. The molecule has 0 fully saturated rings. The molecule has 0 amide bonds. The molecule has 20 heavy (non-hydrogen) atoms. The van der Waals surface area contributed by atoms with Crippen LogP contribution in [0.15, 0.2) is 64.8 Å². The second-order valence-electron chi connectivity index (χ2n) is 4.25. The van der Waals surface area contributed by atoms with Crippen molar-refractivity contribution in [2.24, 2.45) is 0 Å². The van der Waals surface area contributed by atoms with Crippen LogP contribution in [0.2, 0.25) is 0 Å². The first-order valence-electron chi connectivity index (χ1n) is 6.54. The predicted molar refractivity (Wildman–Crippen MR) is 93.9 cm³/mol. The van der Waals surface area contributed by atoms with Crippen LogP contribution in [0, 0.1) is 6.92 Å². The summed E-state index contributed by atoms with van der Waals surface area (Å²) in [7, 11) is 3.11. The molecule has 0 aliphatic heterocycles. The second-order valence-corrected chi connectivity index (χ2v) is 5.54. The first kappa shape index (κ1) is 15.0. The molecule has 0 N–H and O–H groups in total. The monoisotopic (exact) mass is 301 g/mol. The third-order valence-corrected chi connectivity index (χ3v) is 3.86. The molecule has 102 valence electrons. The Kier molecular flexibility index (Phi) is 5.53. The molecule has 1 nitrogen and oxygen atoms in total. The summed E-state index contributed by atoms with van der Waals surface area (Å²) in [5.41, 5.74) is 4.73. The van der Waals surface area contributed by atoms with Crippen molar-refractivity contribution in [3.05, 3.63) is 65.9 Å². The Bertz CT molecular complexity index is 642. The van der Waals surface area contributed by atoms with Gasteiger partial charge in [-0.1, -0.05) is 61.3 Å². The number of rotatable bonds is 2. The van der Waals surface area contributed by atoms with Gasteiger partial charge in [-0.25, -0.2) is 0 Å². The van der Waals surface area contributed by atoms with E-state index >= 15 is 0 Å². The van der Waals surface area contributed by atoms with Crippen molar-refractivity contribution in [1.29, 1.82) is 0 Å². The Morgan fingerprint density at radius 3 is 1.90 bits per heavy atom. The van der Waals surface area contributed by atoms with E-state index in [-0.39, 0.29) is 0 Å². The summed E-state index contributed by atoms with van der Waals surface area (Å²) < 4.78 is 5.68. The molecule has 0 saturated carbocycles. The maximum atomic E-state index is 5.68. The summed E-state index contributed by atoms with van der Waals surface area (Å²) in [5.74, 6) is 3.15. The molecule has 0 bridgehead atoms. The third kappa shape index (κ3) is 3.57. The topological polar surface area (TPSA) is 13.1 Å². The van der Waals surface area contributed by atoms with E-state index in [0.29, 0.717) is 8.19 Å². The van der Waals surface area contributed by atoms with Crippen LogP contribution in [0.1, 0.15) is 5.49 Å². The lowest BCUT2D eigenvalue weighted by atomic mass is 10.0. The minimum absolute atomic E-state index is 0.691. The first-order valence-corrected chi connectivity index (χ1v) is 8.78. The minimum atomic E-state index is 0.691. The predicted octanol–water partition coefficient (Wildman–Crippen LogP) is 5.73. The Hall–Kier alpha value is -1.42. The standard InChI is InChI=1S/C16H13OP.CH5P/c1-12-17-16(11-18-12)15-9-7-14(8-10-15)13-5-3-2-4-6-13;1-2/h2-11H,1H3;2H2,1H3/p+1. The minimum Gasteiger partial charge on any atom is -0.420 e. The number of aryl methyl sites for hydroxylation is 1. The zero-order valence-corrected chi connectivity index (χ0v) is 13.9. The fraction of sp³-hybridized carbons (Fsp3) is 0.118. The van der Waals surface area contributed by atoms with Crippen LogP contribution in [-0.4, -0.2) is 6.66 Å². The van der Waals surface area contributed by atoms with Gasteiger partial charge < -0.3 is 4.42 Å². The van der Waals surface area contributed by atoms with Gasteiger partial charge in [0.15, 0.2) is 19.8 Å². The van der Waals surface area contributed by atoms with Crippen molar-refractivity contribution in [2.45, 2.75) is 6.92 Å². The average Bonchev–Trinajstić information content (AvgIpc) is 2.97. The van der Waals surface area contributed by atoms with Crippen LogP contribution in [0.4, 0.5) is 0 Å². The van der Waals surface area contributed by atoms with Gasteiger partial charge in [0.2, 0.25) is 0 Å². The van der Waals surface area contributed by atoms with Crippen LogP contribution in [0.3, 0.4) is 0 Å². The smallest absolute Gasteiger partial charge is 0.273 e. The molecule has 3 heteroatoms. The first-order chi connectivity index (χ1) is 9.83. The molecule has 0 spiro atoms. The van der Waals surface area contributed by atoms with Crippen molar-refractivity contribution >= 4 is 17.4 Å². The van der Waals surface area contributed by atoms with Crippen LogP contribution < -0.4 is 0 Å². The summed E-state index contributed by atoms with van der Waals surface area (Å²) in [5, 5.41) is 0. The molecule has 3 aromatic rings. The fourth-order valence-corrected chi connectivity index (χ4v) is 2.72. The zero-order chi connectivity index (χ0) is 14.4. The van der Waals surface area contributed by atoms with Gasteiger partial charge in [0.25, 0.3) is 5.49 Å². The second kappa shape index (κ2) is 7.39. The molecule has 0 aliphatic rings. The van der Waals surface area contributed by atoms with E-state index in [4.69, 9.17) is 4.42 Å². The lowest BCUT2D eigenvalue weighted by Crippen LogP contribution is -1.78. The van der Waals surface area contributed by atoms with E-state index in [1.165, 1.54) is 11.1 Å². The van der Waals surface area contributed by atoms with E-state index in [2.05, 4.69) is 63.6 Å². The molecule has 2 unspecified atom stereocenters. The van der Waals surface area contributed by atoms with E-state index in [0.717, 1.165) is 16.8 Å². The Labute approximate surface area is 124 Å². The van der Waals surface area contributed by atoms with Gasteiger partial charge in [0.1, 0.15) is 0 Å². The average molecular weight is 301 g/mol. The van der Waals surface area contributed by atoms with Gasteiger partial charge in [-0.3, -0.25) is 0 Å². The van der Waals surface area contributed by atoms with Crippen LogP contribution >= 0.6 is 17.4 Å². The van der Waals surface area contributed by atoms with Crippen LogP contribution in [0.5, 0.6) is 0 Å². The lowest BCUT2D eigenvalue weighted by molar-refractivity contribution is 0.557. The molecule has 1 aromatic heterocycles. The highest BCUT2D eigenvalue weighted by Crippen LogP contribution is 2.29. The third-order valence-electron chi connectivity index (χ3n) is 2.95. The molecule has 1 heterocycles. The molecular formula is C17H19OP2+. The number of hydrogen-bond acceptors (Lipinski definition) is 1. The van der Waals surface area contributed by atoms with Crippen LogP contribution in [-0.2, 0) is 0 Å². The maximum absolute atomic E-state index is 5.68. The summed E-state index contributed by atoms with van der Waals surface area (Å²) in [6, 6.07) is 18.9. The maximum Gasteiger partial charge on any atom is 0.273 e. The Morgan fingerprint density at radius 2 is 1.35 bits per heavy atom. The van der Waals surface area contributed by atoms with Gasteiger partial charge in [0, 0.05) is 12.5 Å². The molecule has 0 aliphatic carbocycles. The summed E-state index contributed by atoms with van der Waals surface area (Å²) >= 11 is 0. The van der Waals surface area contributed by atoms with Gasteiger partial charge >= 0.3 is 0 Å². The normalized spacial score (nSPS) is 10.2. The van der Waals surface area contributed by atoms with Crippen molar-refractivity contribution in [2.75, 3.05) is 6.66 Å². The number of hydrogen-bond donors (Lipinski definition) is 0. The van der Waals surface area contributed by atoms with Gasteiger partial charge in [-0.2, -0.15) is 0 Å². The van der Waals surface area contributed by atoms with Crippen molar-refractivity contribution in [3.8, 4) is 22.5 Å². The zero-order valence-electron chi connectivity index (χ0n) is 11.8. The summed E-state index contributed by atoms with van der Waals surface area (Å²) in [6.07, 6.45) is 0. The van der Waals surface area contributed by atoms with Crippen LogP contribution in [0.25, 0.3) is 22.5 Å². The van der Waals surface area contributed by atoms with E-state index < -0.39 is 0 Å². The van der Waals surface area contributed by atoms with Gasteiger partial charge in [-0.15, -0.1) is 9.24 Å². The SMILES string of the molecule is CP.Cc1oc(-c2ccc(-c3ccccc3)cc2)c[pH+]1. The largest absolute Gasteiger partial charge is 0.420 e. The fourth-order valence-electron chi connectivity index (χ4n) is 1.99. The van der Waals surface area contributed by atoms with Gasteiger partial charge in [0.05, 0.1) is 0 Å². The summed E-state index contributed by atoms with van der Waals surface area (Å²) in [4.78, 5) is 0. The quantitative estimate of drug-likeness (QED) is 0.551. The van der Waals surface area contributed by atoms with E-state index in [9.17, 15) is 0 Å². The molecule has 2 aromatic carbocycles. The highest BCUT2D eigenvalue weighted by atomic mass is 31.0. The van der Waals surface area contributed by atoms with E-state index in [1.54, 1.807) is 0 Å². The van der Waals surface area contributed by atoms with Crippen molar-refractivity contribution < 1.29 is 4.42 Å². The van der Waals surface area contributed by atoms with Crippen molar-refractivity contribution in [1.82, 2.24) is 0 Å². The van der Waals surface area contributed by atoms with Gasteiger partial charge in [-0.05, 0) is 11.1 Å². The molecule has 0 saturated heterocycles. The number of benzene rings is 2. The van der Waals surface area contributed by atoms with E-state index in [1.807, 2.05) is 19.7 Å². The Morgan fingerprint density at radius 1 is 0.800 bits per heavy atom. The highest BCUT2D eigenvalue weighted by Gasteiger charge is 2.08. The van der Waals surface area contributed by atoms with Crippen molar-refractivity contribution in [3.63, 3.8) is 0 Å². The Balaban J connectivity index is 0.000000704.